The number of rotatable bonds is 5. The summed E-state index contributed by atoms with van der Waals surface area (Å²) in [6.45, 7) is 6.93. The quantitative estimate of drug-likeness (QED) is 0.501. The molecule has 3 nitrogen and oxygen atoms in total. The lowest BCUT2D eigenvalue weighted by molar-refractivity contribution is -0.152. The number of hydrogen-bond donors (Lipinski definition) is 1. The number of aliphatic hydroxyl groups is 1. The zero-order chi connectivity index (χ0) is 9.56. The van der Waals surface area contributed by atoms with Crippen molar-refractivity contribution in [2.24, 2.45) is 0 Å². The van der Waals surface area contributed by atoms with Crippen molar-refractivity contribution in [3.63, 3.8) is 0 Å². The zero-order valence-corrected chi connectivity index (χ0v) is 7.62. The van der Waals surface area contributed by atoms with Gasteiger partial charge in [-0.25, -0.2) is 0 Å². The summed E-state index contributed by atoms with van der Waals surface area (Å²) in [5, 5.41) is 9.15. The van der Waals surface area contributed by atoms with Crippen LogP contribution in [0.4, 0.5) is 0 Å². The van der Waals surface area contributed by atoms with Gasteiger partial charge in [-0.05, 0) is 13.3 Å². The molecule has 0 saturated heterocycles. The molecule has 0 aromatic heterocycles. The molecule has 0 unspecified atom stereocenters. The summed E-state index contributed by atoms with van der Waals surface area (Å²) in [5.41, 5.74) is 0. The summed E-state index contributed by atoms with van der Waals surface area (Å²) >= 11 is 0. The first-order chi connectivity index (χ1) is 5.61. The Bertz CT molecular complexity index is 154. The molecule has 0 aliphatic carbocycles. The van der Waals surface area contributed by atoms with Gasteiger partial charge in [0.25, 0.3) is 0 Å². The van der Waals surface area contributed by atoms with Crippen molar-refractivity contribution in [3.8, 4) is 0 Å². The molecule has 0 fully saturated rings. The summed E-state index contributed by atoms with van der Waals surface area (Å²) in [5.74, 6) is -0.272. The van der Waals surface area contributed by atoms with E-state index < -0.39 is 12.2 Å². The molecule has 0 bridgehead atoms. The van der Waals surface area contributed by atoms with Crippen molar-refractivity contribution in [1.29, 1.82) is 0 Å². The van der Waals surface area contributed by atoms with Gasteiger partial charge < -0.3 is 9.84 Å². The fraction of sp³-hybridized carbons (Fsp3) is 0.667. The normalized spacial score (nSPS) is 14.9. The highest BCUT2D eigenvalue weighted by Crippen LogP contribution is 2.02. The number of carbonyl (C=O) groups excluding carboxylic acids is 1. The van der Waals surface area contributed by atoms with Crippen LogP contribution in [0.1, 0.15) is 26.7 Å². The topological polar surface area (TPSA) is 46.5 Å². The molecule has 0 aromatic rings. The molecule has 0 radical (unpaired) electrons. The Labute approximate surface area is 73.0 Å². The van der Waals surface area contributed by atoms with Crippen LogP contribution in [0.5, 0.6) is 0 Å². The summed E-state index contributed by atoms with van der Waals surface area (Å²) in [6.07, 6.45) is 1.24. The van der Waals surface area contributed by atoms with Crippen molar-refractivity contribution >= 4 is 5.97 Å². The second-order valence-electron chi connectivity index (χ2n) is 2.67. The Kier molecular flexibility index (Phi) is 5.37. The summed E-state index contributed by atoms with van der Waals surface area (Å²) < 4.78 is 4.88. The van der Waals surface area contributed by atoms with E-state index in [1.54, 1.807) is 6.92 Å². The van der Waals surface area contributed by atoms with Crippen molar-refractivity contribution in [3.05, 3.63) is 12.7 Å². The molecule has 0 spiro atoms. The fourth-order valence-corrected chi connectivity index (χ4v) is 0.732. The Hall–Kier alpha value is -0.830. The predicted octanol–water partition coefficient (Wildman–Crippen LogP) is 1.27. The van der Waals surface area contributed by atoms with E-state index in [4.69, 9.17) is 9.84 Å². The molecule has 0 aliphatic heterocycles. The molecule has 0 amide bonds. The Morgan fingerprint density at radius 2 is 2.33 bits per heavy atom. The van der Waals surface area contributed by atoms with Crippen molar-refractivity contribution in [2.75, 3.05) is 0 Å². The van der Waals surface area contributed by atoms with Crippen LogP contribution in [0.25, 0.3) is 0 Å². The third-order valence-electron chi connectivity index (χ3n) is 1.49. The molecule has 0 rings (SSSR count). The maximum absolute atomic E-state index is 10.9. The first kappa shape index (κ1) is 11.2. The molecular weight excluding hydrogens is 156 g/mol. The van der Waals surface area contributed by atoms with E-state index in [0.717, 1.165) is 6.42 Å². The maximum Gasteiger partial charge on any atom is 0.306 e. The van der Waals surface area contributed by atoms with Gasteiger partial charge in [0.2, 0.25) is 0 Å². The van der Waals surface area contributed by atoms with Gasteiger partial charge in [0.05, 0.1) is 0 Å². The first-order valence-electron chi connectivity index (χ1n) is 4.12. The fourth-order valence-electron chi connectivity index (χ4n) is 0.732. The van der Waals surface area contributed by atoms with Gasteiger partial charge in [-0.1, -0.05) is 13.0 Å². The van der Waals surface area contributed by atoms with Crippen LogP contribution < -0.4 is 0 Å². The maximum atomic E-state index is 10.9. The van der Waals surface area contributed by atoms with Gasteiger partial charge in [-0.3, -0.25) is 4.79 Å². The summed E-state index contributed by atoms with van der Waals surface area (Å²) in [4.78, 5) is 10.9. The summed E-state index contributed by atoms with van der Waals surface area (Å²) in [7, 11) is 0. The Balaban J connectivity index is 3.74. The van der Waals surface area contributed by atoms with Gasteiger partial charge in [0.15, 0.2) is 0 Å². The second kappa shape index (κ2) is 5.77. The predicted molar refractivity (Wildman–Crippen MR) is 46.7 cm³/mol. The molecular formula is C9H16O3. The minimum Gasteiger partial charge on any atom is -0.460 e. The molecule has 3 heteroatoms. The van der Waals surface area contributed by atoms with E-state index in [0.29, 0.717) is 6.42 Å². The van der Waals surface area contributed by atoms with Crippen molar-refractivity contribution in [1.82, 2.24) is 0 Å². The molecule has 12 heavy (non-hydrogen) atoms. The van der Waals surface area contributed by atoms with Gasteiger partial charge >= 0.3 is 5.97 Å². The number of carbonyl (C=O) groups is 1. The largest absolute Gasteiger partial charge is 0.460 e. The van der Waals surface area contributed by atoms with Gasteiger partial charge in [-0.2, -0.15) is 0 Å². The van der Waals surface area contributed by atoms with E-state index in [2.05, 4.69) is 6.58 Å². The van der Waals surface area contributed by atoms with E-state index >= 15 is 0 Å². The Morgan fingerprint density at radius 3 is 2.75 bits per heavy atom. The monoisotopic (exact) mass is 172 g/mol. The van der Waals surface area contributed by atoms with E-state index in [-0.39, 0.29) is 5.97 Å². The lowest BCUT2D eigenvalue weighted by Gasteiger charge is -2.15. The van der Waals surface area contributed by atoms with Crippen LogP contribution in [0.2, 0.25) is 0 Å². The molecule has 70 valence electrons. The van der Waals surface area contributed by atoms with Crippen molar-refractivity contribution in [2.45, 2.75) is 38.9 Å². The van der Waals surface area contributed by atoms with E-state index in [9.17, 15) is 4.79 Å². The highest BCUT2D eigenvalue weighted by molar-refractivity contribution is 5.69. The van der Waals surface area contributed by atoms with Crippen LogP contribution >= 0.6 is 0 Å². The molecule has 1 N–H and O–H groups in total. The Morgan fingerprint density at radius 1 is 1.75 bits per heavy atom. The highest BCUT2D eigenvalue weighted by Gasteiger charge is 2.14. The van der Waals surface area contributed by atoms with E-state index in [1.165, 1.54) is 6.08 Å². The zero-order valence-electron chi connectivity index (χ0n) is 7.62. The number of ether oxygens (including phenoxy) is 1. The number of hydrogen-bond acceptors (Lipinski definition) is 3. The lowest BCUT2D eigenvalue weighted by Crippen LogP contribution is -2.26. The average Bonchev–Trinajstić information content (AvgIpc) is 2.03. The summed E-state index contributed by atoms with van der Waals surface area (Å²) in [6, 6.07) is 0. The minimum atomic E-state index is -0.772. The third kappa shape index (κ3) is 4.13. The smallest absolute Gasteiger partial charge is 0.306 e. The molecule has 2 atom stereocenters. The van der Waals surface area contributed by atoms with Crippen LogP contribution in [0, 0.1) is 0 Å². The van der Waals surface area contributed by atoms with Crippen LogP contribution in [-0.2, 0) is 9.53 Å². The molecule has 0 aliphatic rings. The molecule has 0 saturated carbocycles. The second-order valence-corrected chi connectivity index (χ2v) is 2.67. The van der Waals surface area contributed by atoms with Gasteiger partial charge in [0.1, 0.15) is 12.2 Å². The average molecular weight is 172 g/mol. The van der Waals surface area contributed by atoms with Crippen LogP contribution in [0.3, 0.4) is 0 Å². The third-order valence-corrected chi connectivity index (χ3v) is 1.49. The van der Waals surface area contributed by atoms with Crippen molar-refractivity contribution < 1.29 is 14.6 Å². The lowest BCUT2D eigenvalue weighted by atomic mass is 10.2. The van der Waals surface area contributed by atoms with Crippen LogP contribution in [0.15, 0.2) is 12.7 Å². The number of aliphatic hydroxyl groups excluding tert-OH is 1. The highest BCUT2D eigenvalue weighted by atomic mass is 16.6. The minimum absolute atomic E-state index is 0.272. The van der Waals surface area contributed by atoms with Gasteiger partial charge in [-0.15, -0.1) is 6.58 Å². The molecule has 0 heterocycles. The van der Waals surface area contributed by atoms with Crippen LogP contribution in [-0.4, -0.2) is 23.3 Å². The molecule has 0 aromatic carbocycles. The van der Waals surface area contributed by atoms with E-state index in [1.807, 2.05) is 6.92 Å². The SMILES string of the molecule is C=C[C@H](O)[C@@H](C)OC(=O)CCC. The van der Waals surface area contributed by atoms with Gasteiger partial charge in [0, 0.05) is 6.42 Å². The first-order valence-corrected chi connectivity index (χ1v) is 4.12. The number of esters is 1. The standard InChI is InChI=1S/C9H16O3/c1-4-6-9(11)12-7(3)8(10)5-2/h5,7-8,10H,2,4,6H2,1,3H3/t7-,8+/m1/s1.